The molecule has 0 N–H and O–H groups in total. The average Bonchev–Trinajstić information content (AvgIpc) is 2.95. The van der Waals surface area contributed by atoms with Crippen LogP contribution in [0.1, 0.15) is 32.3 Å². The van der Waals surface area contributed by atoms with Crippen molar-refractivity contribution in [1.82, 2.24) is 14.8 Å². The van der Waals surface area contributed by atoms with Crippen LogP contribution in [0.25, 0.3) is 11.1 Å². The van der Waals surface area contributed by atoms with Crippen molar-refractivity contribution in [3.8, 4) is 11.1 Å². The van der Waals surface area contributed by atoms with Crippen LogP contribution in [-0.4, -0.2) is 52.8 Å². The molecular weight excluding hydrogens is 386 g/mol. The molecule has 5 nitrogen and oxygen atoms in total. The molecule has 0 aliphatic carbocycles. The number of nitrogens with zero attached hydrogens (tertiary/aromatic N) is 3. The number of carbonyl (C=O) groups is 2. The second-order valence-electron chi connectivity index (χ2n) is 8.20. The highest BCUT2D eigenvalue weighted by atomic mass is 16.2. The highest BCUT2D eigenvalue weighted by Crippen LogP contribution is 2.23. The van der Waals surface area contributed by atoms with Gasteiger partial charge in [-0.2, -0.15) is 0 Å². The van der Waals surface area contributed by atoms with Crippen LogP contribution in [0, 0.1) is 11.8 Å². The van der Waals surface area contributed by atoms with E-state index in [1.54, 1.807) is 18.5 Å². The minimum atomic E-state index is -0.243. The number of hydrogen-bond acceptors (Lipinski definition) is 3. The zero-order chi connectivity index (χ0) is 22.2. The second-order valence-corrected chi connectivity index (χ2v) is 8.20. The Morgan fingerprint density at radius 1 is 1.10 bits per heavy atom. The van der Waals surface area contributed by atoms with Crippen molar-refractivity contribution in [2.24, 2.45) is 11.8 Å². The molecule has 2 aromatic rings. The summed E-state index contributed by atoms with van der Waals surface area (Å²) in [5, 5.41) is 0. The summed E-state index contributed by atoms with van der Waals surface area (Å²) >= 11 is 0. The fourth-order valence-electron chi connectivity index (χ4n) is 4.29. The SMILES string of the molecule is C=CCN1CCN(C(=O)C(CC)CC)C[C@H](Cc2ccc(-c3ccncc3)cc2)C1=O. The first-order chi connectivity index (χ1) is 15.1. The summed E-state index contributed by atoms with van der Waals surface area (Å²) in [5.41, 5.74) is 3.34. The van der Waals surface area contributed by atoms with Gasteiger partial charge < -0.3 is 9.80 Å². The molecule has 1 atom stereocenters. The van der Waals surface area contributed by atoms with Crippen molar-refractivity contribution >= 4 is 11.8 Å². The first kappa shape index (κ1) is 22.7. The molecule has 3 rings (SSSR count). The van der Waals surface area contributed by atoms with Gasteiger partial charge in [0.05, 0.1) is 5.92 Å². The maximum absolute atomic E-state index is 13.2. The molecule has 1 aliphatic heterocycles. The van der Waals surface area contributed by atoms with Crippen LogP contribution in [0.5, 0.6) is 0 Å². The van der Waals surface area contributed by atoms with Crippen LogP contribution >= 0.6 is 0 Å². The highest BCUT2D eigenvalue weighted by molar-refractivity contribution is 5.83. The standard InChI is InChI=1S/C26H33N3O2/c1-4-15-28-16-17-29(25(30)21(5-2)6-3)19-24(26(28)31)18-20-7-9-22(10-8-20)23-11-13-27-14-12-23/h4,7-14,21,24H,1,5-6,15-19H2,2-3H3/t24-/m0/s1. The minimum Gasteiger partial charge on any atom is -0.340 e. The van der Waals surface area contributed by atoms with Crippen molar-refractivity contribution < 1.29 is 9.59 Å². The van der Waals surface area contributed by atoms with Crippen LogP contribution in [0.15, 0.2) is 61.4 Å². The van der Waals surface area contributed by atoms with Gasteiger partial charge in [0.2, 0.25) is 11.8 Å². The third-order valence-electron chi connectivity index (χ3n) is 6.19. The van der Waals surface area contributed by atoms with Crippen molar-refractivity contribution in [2.45, 2.75) is 33.1 Å². The summed E-state index contributed by atoms with van der Waals surface area (Å²) in [4.78, 5) is 34.1. The number of amides is 2. The normalized spacial score (nSPS) is 17.0. The molecule has 1 aliphatic rings. The van der Waals surface area contributed by atoms with Gasteiger partial charge in [0.1, 0.15) is 0 Å². The van der Waals surface area contributed by atoms with E-state index in [1.807, 2.05) is 21.9 Å². The number of carbonyl (C=O) groups excluding carboxylic acids is 2. The van der Waals surface area contributed by atoms with Crippen LogP contribution < -0.4 is 0 Å². The molecule has 2 heterocycles. The lowest BCUT2D eigenvalue weighted by Gasteiger charge is -2.26. The first-order valence-corrected chi connectivity index (χ1v) is 11.2. The number of pyridine rings is 1. The molecule has 1 aromatic heterocycles. The second kappa shape index (κ2) is 10.9. The first-order valence-electron chi connectivity index (χ1n) is 11.2. The zero-order valence-corrected chi connectivity index (χ0v) is 18.7. The quantitative estimate of drug-likeness (QED) is 0.603. The van der Waals surface area contributed by atoms with Crippen LogP contribution in [0.2, 0.25) is 0 Å². The third-order valence-corrected chi connectivity index (χ3v) is 6.19. The molecule has 0 saturated carbocycles. The lowest BCUT2D eigenvalue weighted by molar-refractivity contribution is -0.136. The number of hydrogen-bond donors (Lipinski definition) is 0. The summed E-state index contributed by atoms with van der Waals surface area (Å²) in [6, 6.07) is 12.3. The van der Waals surface area contributed by atoms with Gasteiger partial charge in [0.15, 0.2) is 0 Å². The Hall–Kier alpha value is -2.95. The molecule has 0 bridgehead atoms. The lowest BCUT2D eigenvalue weighted by atomic mass is 9.95. The van der Waals surface area contributed by atoms with Crippen molar-refractivity contribution in [2.75, 3.05) is 26.2 Å². The summed E-state index contributed by atoms with van der Waals surface area (Å²) in [5.74, 6) is 0.0723. The fraction of sp³-hybridized carbons (Fsp3) is 0.423. The van der Waals surface area contributed by atoms with Gasteiger partial charge in [-0.1, -0.05) is 44.2 Å². The maximum Gasteiger partial charge on any atom is 0.228 e. The Morgan fingerprint density at radius 2 is 1.74 bits per heavy atom. The predicted molar refractivity (Wildman–Crippen MR) is 124 cm³/mol. The van der Waals surface area contributed by atoms with E-state index in [4.69, 9.17) is 0 Å². The number of rotatable bonds is 8. The van der Waals surface area contributed by atoms with E-state index in [1.165, 1.54) is 0 Å². The van der Waals surface area contributed by atoms with E-state index in [9.17, 15) is 9.59 Å². The van der Waals surface area contributed by atoms with Gasteiger partial charge in [0.25, 0.3) is 0 Å². The van der Waals surface area contributed by atoms with E-state index in [0.717, 1.165) is 29.5 Å². The van der Waals surface area contributed by atoms with Crippen LogP contribution in [0.4, 0.5) is 0 Å². The van der Waals surface area contributed by atoms with E-state index >= 15 is 0 Å². The van der Waals surface area contributed by atoms with Gasteiger partial charge in [-0.15, -0.1) is 6.58 Å². The van der Waals surface area contributed by atoms with Crippen LogP contribution in [-0.2, 0) is 16.0 Å². The summed E-state index contributed by atoms with van der Waals surface area (Å²) in [7, 11) is 0. The monoisotopic (exact) mass is 419 g/mol. The molecule has 5 heteroatoms. The lowest BCUT2D eigenvalue weighted by Crippen LogP contribution is -2.40. The van der Waals surface area contributed by atoms with Gasteiger partial charge in [-0.05, 0) is 48.1 Å². The Bertz CT molecular complexity index is 875. The Labute approximate surface area is 185 Å². The molecule has 31 heavy (non-hydrogen) atoms. The summed E-state index contributed by atoms with van der Waals surface area (Å²) < 4.78 is 0. The Morgan fingerprint density at radius 3 is 2.35 bits per heavy atom. The highest BCUT2D eigenvalue weighted by Gasteiger charge is 2.33. The van der Waals surface area contributed by atoms with Gasteiger partial charge >= 0.3 is 0 Å². The maximum atomic E-state index is 13.2. The minimum absolute atomic E-state index is 0.0290. The molecule has 0 spiro atoms. The number of benzene rings is 1. The molecule has 1 fully saturated rings. The molecule has 2 amide bonds. The van der Waals surface area contributed by atoms with Crippen molar-refractivity contribution in [3.05, 3.63) is 67.0 Å². The van der Waals surface area contributed by atoms with E-state index in [-0.39, 0.29) is 23.7 Å². The molecule has 1 saturated heterocycles. The van der Waals surface area contributed by atoms with E-state index in [2.05, 4.69) is 49.7 Å². The van der Waals surface area contributed by atoms with E-state index < -0.39 is 0 Å². The van der Waals surface area contributed by atoms with Gasteiger partial charge in [-0.25, -0.2) is 0 Å². The van der Waals surface area contributed by atoms with Crippen molar-refractivity contribution in [1.29, 1.82) is 0 Å². The molecule has 1 aromatic carbocycles. The van der Waals surface area contributed by atoms with Gasteiger partial charge in [0, 0.05) is 44.5 Å². The molecular formula is C26H33N3O2. The molecule has 164 valence electrons. The largest absolute Gasteiger partial charge is 0.340 e. The smallest absolute Gasteiger partial charge is 0.228 e. The van der Waals surface area contributed by atoms with Crippen LogP contribution in [0.3, 0.4) is 0 Å². The zero-order valence-electron chi connectivity index (χ0n) is 18.7. The molecule has 0 radical (unpaired) electrons. The van der Waals surface area contributed by atoms with Crippen molar-refractivity contribution in [3.63, 3.8) is 0 Å². The Balaban J connectivity index is 1.79. The van der Waals surface area contributed by atoms with Gasteiger partial charge in [-0.3, -0.25) is 14.6 Å². The molecule has 0 unspecified atom stereocenters. The number of aromatic nitrogens is 1. The van der Waals surface area contributed by atoms with E-state index in [0.29, 0.717) is 32.6 Å². The topological polar surface area (TPSA) is 53.5 Å². The fourth-order valence-corrected chi connectivity index (χ4v) is 4.29. The summed E-state index contributed by atoms with van der Waals surface area (Å²) in [6.45, 7) is 10.1. The average molecular weight is 420 g/mol. The predicted octanol–water partition coefficient (Wildman–Crippen LogP) is 4.20. The Kier molecular flexibility index (Phi) is 7.99. The summed E-state index contributed by atoms with van der Waals surface area (Å²) in [6.07, 6.45) is 7.61. The third kappa shape index (κ3) is 5.60.